The van der Waals surface area contributed by atoms with Gasteiger partial charge in [-0.1, -0.05) is 29.5 Å². The molecule has 5 rings (SSSR count). The topological polar surface area (TPSA) is 106 Å². The van der Waals surface area contributed by atoms with Crippen LogP contribution in [0.1, 0.15) is 34.2 Å². The van der Waals surface area contributed by atoms with Crippen molar-refractivity contribution in [3.8, 4) is 0 Å². The number of carbonyl (C=O) groups is 1. The number of nitrogens with one attached hydrogen (secondary N) is 2. The zero-order valence-electron chi connectivity index (χ0n) is 19.0. The van der Waals surface area contributed by atoms with E-state index >= 15 is 0 Å². The highest BCUT2D eigenvalue weighted by Crippen LogP contribution is 2.23. The normalized spacial score (nSPS) is 11.3. The van der Waals surface area contributed by atoms with E-state index in [0.717, 1.165) is 23.5 Å². The van der Waals surface area contributed by atoms with Crippen molar-refractivity contribution in [1.29, 1.82) is 0 Å². The van der Waals surface area contributed by atoms with E-state index in [-0.39, 0.29) is 11.5 Å². The lowest BCUT2D eigenvalue weighted by atomic mass is 10.1. The van der Waals surface area contributed by atoms with Crippen LogP contribution < -0.4 is 16.2 Å². The number of benzene rings is 2. The molecule has 34 heavy (non-hydrogen) atoms. The number of aromatic nitrogens is 5. The molecule has 2 N–H and O–H groups in total. The Morgan fingerprint density at radius 2 is 1.91 bits per heavy atom. The molecule has 0 saturated heterocycles. The van der Waals surface area contributed by atoms with E-state index in [1.54, 1.807) is 30.3 Å². The Morgan fingerprint density at radius 1 is 1.09 bits per heavy atom. The summed E-state index contributed by atoms with van der Waals surface area (Å²) in [6.07, 6.45) is 0. The molecule has 172 valence electrons. The van der Waals surface area contributed by atoms with E-state index in [4.69, 9.17) is 0 Å². The molecule has 0 radical (unpaired) electrons. The first-order chi connectivity index (χ1) is 16.4. The minimum absolute atomic E-state index is 0.180. The van der Waals surface area contributed by atoms with Crippen LogP contribution in [0.25, 0.3) is 15.9 Å². The van der Waals surface area contributed by atoms with E-state index in [0.29, 0.717) is 38.8 Å². The second-order valence-electron chi connectivity index (χ2n) is 7.89. The molecule has 5 aromatic rings. The average Bonchev–Trinajstić information content (AvgIpc) is 3.37. The SMILES string of the molecule is CCn1nc(C)c(CNC(=O)c2cccc(Nc3nn4c(=O)c5ccccc5nc4s3)c2)c1C. The van der Waals surface area contributed by atoms with E-state index in [2.05, 4.69) is 25.8 Å². The summed E-state index contributed by atoms with van der Waals surface area (Å²) in [7, 11) is 0. The monoisotopic (exact) mass is 473 g/mol. The Morgan fingerprint density at radius 3 is 2.71 bits per heavy atom. The van der Waals surface area contributed by atoms with Gasteiger partial charge in [-0.25, -0.2) is 4.98 Å². The third-order valence-corrected chi connectivity index (χ3v) is 6.56. The first kappa shape index (κ1) is 21.8. The van der Waals surface area contributed by atoms with Gasteiger partial charge in [0.05, 0.1) is 16.6 Å². The third kappa shape index (κ3) is 3.92. The Labute approximate surface area is 199 Å². The molecule has 0 fully saturated rings. The highest BCUT2D eigenvalue weighted by molar-refractivity contribution is 7.20. The Balaban J connectivity index is 1.35. The quantitative estimate of drug-likeness (QED) is 0.388. The lowest BCUT2D eigenvalue weighted by molar-refractivity contribution is 0.0951. The predicted octanol–water partition coefficient (Wildman–Crippen LogP) is 3.81. The molecule has 0 saturated carbocycles. The van der Waals surface area contributed by atoms with E-state index in [1.165, 1.54) is 15.9 Å². The maximum absolute atomic E-state index is 12.8. The highest BCUT2D eigenvalue weighted by atomic mass is 32.1. The molecule has 0 atom stereocenters. The number of amides is 1. The summed E-state index contributed by atoms with van der Waals surface area (Å²) in [5.74, 6) is -0.180. The van der Waals surface area contributed by atoms with Gasteiger partial charge in [0.1, 0.15) is 0 Å². The third-order valence-electron chi connectivity index (χ3n) is 5.74. The molecule has 10 heteroatoms. The number of carbonyl (C=O) groups excluding carboxylic acids is 1. The number of para-hydroxylation sites is 1. The van der Waals surface area contributed by atoms with Crippen molar-refractivity contribution in [3.05, 3.63) is 81.4 Å². The van der Waals surface area contributed by atoms with Crippen molar-refractivity contribution in [3.63, 3.8) is 0 Å². The Hall–Kier alpha value is -4.05. The summed E-state index contributed by atoms with van der Waals surface area (Å²) in [6, 6.07) is 14.3. The van der Waals surface area contributed by atoms with Gasteiger partial charge in [-0.15, -0.1) is 5.10 Å². The molecule has 3 heterocycles. The lowest BCUT2D eigenvalue weighted by Gasteiger charge is -2.08. The van der Waals surface area contributed by atoms with E-state index < -0.39 is 0 Å². The van der Waals surface area contributed by atoms with Gasteiger partial charge in [0.2, 0.25) is 10.1 Å². The molecule has 1 amide bonds. The van der Waals surface area contributed by atoms with Crippen LogP contribution >= 0.6 is 11.3 Å². The lowest BCUT2D eigenvalue weighted by Crippen LogP contribution is -2.23. The maximum Gasteiger partial charge on any atom is 0.283 e. The summed E-state index contributed by atoms with van der Waals surface area (Å²) in [4.78, 5) is 30.6. The van der Waals surface area contributed by atoms with Crippen LogP contribution in [0.5, 0.6) is 0 Å². The fraction of sp³-hybridized carbons (Fsp3) is 0.208. The zero-order valence-corrected chi connectivity index (χ0v) is 19.8. The van der Waals surface area contributed by atoms with Crippen LogP contribution in [0.4, 0.5) is 10.8 Å². The predicted molar refractivity (Wildman–Crippen MR) is 133 cm³/mol. The number of nitrogens with zero attached hydrogens (tertiary/aromatic N) is 5. The van der Waals surface area contributed by atoms with Crippen molar-refractivity contribution < 1.29 is 4.79 Å². The van der Waals surface area contributed by atoms with Crippen LogP contribution in [0.2, 0.25) is 0 Å². The van der Waals surface area contributed by atoms with Gasteiger partial charge in [0.25, 0.3) is 11.5 Å². The van der Waals surface area contributed by atoms with Crippen LogP contribution in [0, 0.1) is 13.8 Å². The largest absolute Gasteiger partial charge is 0.348 e. The van der Waals surface area contributed by atoms with Crippen LogP contribution in [-0.2, 0) is 13.1 Å². The Bertz CT molecular complexity index is 1600. The number of hydrogen-bond acceptors (Lipinski definition) is 7. The molecule has 0 unspecified atom stereocenters. The zero-order chi connectivity index (χ0) is 23.8. The molecule has 3 aromatic heterocycles. The highest BCUT2D eigenvalue weighted by Gasteiger charge is 2.14. The fourth-order valence-electron chi connectivity index (χ4n) is 3.94. The molecule has 2 aromatic carbocycles. The number of fused-ring (bicyclic) bond motifs is 2. The van der Waals surface area contributed by atoms with Crippen LogP contribution in [0.15, 0.2) is 53.3 Å². The van der Waals surface area contributed by atoms with Gasteiger partial charge in [-0.3, -0.25) is 14.3 Å². The summed E-state index contributed by atoms with van der Waals surface area (Å²) < 4.78 is 3.23. The molecule has 0 aliphatic heterocycles. The molecule has 9 nitrogen and oxygen atoms in total. The number of aryl methyl sites for hydroxylation is 2. The first-order valence-corrected chi connectivity index (χ1v) is 11.7. The average molecular weight is 474 g/mol. The summed E-state index contributed by atoms with van der Waals surface area (Å²) in [5.41, 5.74) is 4.64. The van der Waals surface area contributed by atoms with Gasteiger partial charge in [-0.05, 0) is 51.1 Å². The smallest absolute Gasteiger partial charge is 0.283 e. The second-order valence-corrected chi connectivity index (χ2v) is 8.85. The summed E-state index contributed by atoms with van der Waals surface area (Å²) in [5, 5.41) is 16.1. The van der Waals surface area contributed by atoms with Crippen molar-refractivity contribution in [1.82, 2.24) is 29.7 Å². The number of rotatable bonds is 6. The van der Waals surface area contributed by atoms with Crippen LogP contribution in [-0.4, -0.2) is 30.3 Å². The molecule has 0 bridgehead atoms. The minimum Gasteiger partial charge on any atom is -0.348 e. The summed E-state index contributed by atoms with van der Waals surface area (Å²) in [6.45, 7) is 7.20. The number of anilines is 2. The van der Waals surface area contributed by atoms with Crippen LogP contribution in [0.3, 0.4) is 0 Å². The van der Waals surface area contributed by atoms with Gasteiger partial charge in [0, 0.05) is 35.6 Å². The van der Waals surface area contributed by atoms with Crippen molar-refractivity contribution in [2.24, 2.45) is 0 Å². The molecule has 0 aliphatic carbocycles. The van der Waals surface area contributed by atoms with Crippen molar-refractivity contribution in [2.45, 2.75) is 33.9 Å². The number of hydrogen-bond donors (Lipinski definition) is 2. The van der Waals surface area contributed by atoms with E-state index in [9.17, 15) is 9.59 Å². The second kappa shape index (κ2) is 8.71. The van der Waals surface area contributed by atoms with Gasteiger partial charge < -0.3 is 10.6 Å². The fourth-order valence-corrected chi connectivity index (χ4v) is 4.75. The van der Waals surface area contributed by atoms with Gasteiger partial charge in [0.15, 0.2) is 0 Å². The maximum atomic E-state index is 12.8. The van der Waals surface area contributed by atoms with Crippen molar-refractivity contribution in [2.75, 3.05) is 5.32 Å². The van der Waals surface area contributed by atoms with E-state index in [1.807, 2.05) is 43.7 Å². The molecule has 0 aliphatic rings. The van der Waals surface area contributed by atoms with Gasteiger partial charge >= 0.3 is 0 Å². The van der Waals surface area contributed by atoms with Gasteiger partial charge in [-0.2, -0.15) is 9.61 Å². The standard InChI is InChI=1S/C24H23N7O2S/c1-4-30-15(3)19(14(2)28-30)13-25-21(32)16-8-7-9-17(12-16)26-23-29-31-22(33)18-10-5-6-11-20(18)27-24(31)34-23/h5-12H,4,13H2,1-3H3,(H,25,32)(H,26,29). The first-order valence-electron chi connectivity index (χ1n) is 10.9. The molecular weight excluding hydrogens is 450 g/mol. The van der Waals surface area contributed by atoms with Crippen molar-refractivity contribution >= 4 is 43.9 Å². The molecular formula is C24H23N7O2S. The minimum atomic E-state index is -0.213. The Kier molecular flexibility index (Phi) is 5.58. The summed E-state index contributed by atoms with van der Waals surface area (Å²) >= 11 is 1.27. The molecule has 0 spiro atoms.